The molecule has 6 nitrogen and oxygen atoms in total. The van der Waals surface area contributed by atoms with Crippen molar-refractivity contribution < 1.29 is 0 Å². The molecule has 0 amide bonds. The molecule has 4 heterocycles. The Morgan fingerprint density at radius 2 is 0.922 bits per heavy atom. The van der Waals surface area contributed by atoms with Gasteiger partial charge in [-0.2, -0.15) is 9.97 Å². The van der Waals surface area contributed by atoms with Gasteiger partial charge in [-0.3, -0.25) is 4.57 Å². The number of allylic oxidation sites excluding steroid dienone is 2. The van der Waals surface area contributed by atoms with Crippen LogP contribution in [0.2, 0.25) is 0 Å². The van der Waals surface area contributed by atoms with E-state index in [9.17, 15) is 0 Å². The van der Waals surface area contributed by atoms with Crippen molar-refractivity contribution in [3.05, 3.63) is 224 Å². The summed E-state index contributed by atoms with van der Waals surface area (Å²) in [6.45, 7) is 6.27. The van der Waals surface area contributed by atoms with E-state index in [2.05, 4.69) is 209 Å². The van der Waals surface area contributed by atoms with Crippen LogP contribution in [0.25, 0.3) is 112 Å². The Balaban J connectivity index is 1.11. The lowest BCUT2D eigenvalue weighted by atomic mass is 10.1. The van der Waals surface area contributed by atoms with Crippen molar-refractivity contribution in [1.29, 1.82) is 0 Å². The summed E-state index contributed by atoms with van der Waals surface area (Å²) in [5, 5.41) is 5.85. The Labute approximate surface area is 370 Å². The van der Waals surface area contributed by atoms with E-state index in [1.165, 1.54) is 32.8 Å². The molecular formula is C58H40N6. The highest BCUT2D eigenvalue weighted by atomic mass is 15.2. The second-order valence-electron chi connectivity index (χ2n) is 16.1. The quantitative estimate of drug-likeness (QED) is 0.144. The minimum absolute atomic E-state index is 0.563. The lowest BCUT2D eigenvalue weighted by molar-refractivity contribution is 0.953. The number of benzene rings is 8. The monoisotopic (exact) mass is 820 g/mol. The molecule has 0 fully saturated rings. The Hall–Kier alpha value is -8.61. The third-order valence-corrected chi connectivity index (χ3v) is 12.5. The number of aromatic nitrogens is 6. The van der Waals surface area contributed by atoms with Gasteiger partial charge in [-0.25, -0.2) is 4.98 Å². The van der Waals surface area contributed by atoms with Crippen molar-refractivity contribution in [1.82, 2.24) is 28.7 Å². The molecule has 8 aromatic carbocycles. The second-order valence-corrected chi connectivity index (χ2v) is 16.1. The van der Waals surface area contributed by atoms with E-state index in [0.29, 0.717) is 17.6 Å². The van der Waals surface area contributed by atoms with Crippen LogP contribution in [0.5, 0.6) is 0 Å². The predicted octanol–water partition coefficient (Wildman–Crippen LogP) is 14.5. The van der Waals surface area contributed by atoms with Gasteiger partial charge in [-0.1, -0.05) is 170 Å². The van der Waals surface area contributed by atoms with Crippen LogP contribution in [0.4, 0.5) is 0 Å². The van der Waals surface area contributed by atoms with E-state index in [0.717, 1.165) is 66.6 Å². The summed E-state index contributed by atoms with van der Waals surface area (Å²) in [5.74, 6) is 1.75. The fraction of sp³-hybridized carbons (Fsp3) is 0.0172. The van der Waals surface area contributed by atoms with Gasteiger partial charge >= 0.3 is 0 Å². The van der Waals surface area contributed by atoms with Crippen LogP contribution in [0, 0.1) is 6.92 Å². The Kier molecular flexibility index (Phi) is 8.76. The summed E-state index contributed by atoms with van der Waals surface area (Å²) < 4.78 is 6.99. The predicted molar refractivity (Wildman–Crippen MR) is 266 cm³/mol. The highest BCUT2D eigenvalue weighted by molar-refractivity contribution is 6.19. The maximum absolute atomic E-state index is 5.31. The number of para-hydroxylation sites is 3. The minimum Gasteiger partial charge on any atom is -0.308 e. The summed E-state index contributed by atoms with van der Waals surface area (Å²) in [4.78, 5) is 15.7. The van der Waals surface area contributed by atoms with Gasteiger partial charge in [0.05, 0.1) is 27.6 Å². The minimum atomic E-state index is 0.563. The van der Waals surface area contributed by atoms with Gasteiger partial charge in [-0.05, 0) is 72.2 Å². The van der Waals surface area contributed by atoms with Gasteiger partial charge in [-0.15, -0.1) is 0 Å². The molecule has 0 spiro atoms. The smallest absolute Gasteiger partial charge is 0.238 e. The van der Waals surface area contributed by atoms with Gasteiger partial charge in [0.15, 0.2) is 11.6 Å². The van der Waals surface area contributed by atoms with E-state index in [4.69, 9.17) is 15.0 Å². The molecule has 0 atom stereocenters. The van der Waals surface area contributed by atoms with Crippen molar-refractivity contribution in [2.45, 2.75) is 6.92 Å². The average Bonchev–Trinajstić information content (AvgIpc) is 3.99. The van der Waals surface area contributed by atoms with E-state index in [1.54, 1.807) is 0 Å². The number of rotatable bonds is 8. The second kappa shape index (κ2) is 15.1. The molecule has 0 radical (unpaired) electrons. The van der Waals surface area contributed by atoms with Crippen LogP contribution < -0.4 is 0 Å². The molecule has 0 aliphatic heterocycles. The van der Waals surface area contributed by atoms with E-state index >= 15 is 0 Å². The fourth-order valence-electron chi connectivity index (χ4n) is 9.56. The van der Waals surface area contributed by atoms with Crippen LogP contribution in [0.15, 0.2) is 213 Å². The third kappa shape index (κ3) is 5.92. The van der Waals surface area contributed by atoms with E-state index in [1.807, 2.05) is 30.4 Å². The molecule has 302 valence electrons. The van der Waals surface area contributed by atoms with Gasteiger partial charge in [0, 0.05) is 55.1 Å². The first-order valence-corrected chi connectivity index (χ1v) is 21.6. The largest absolute Gasteiger partial charge is 0.308 e. The normalized spacial score (nSPS) is 11.8. The highest BCUT2D eigenvalue weighted by Gasteiger charge is 2.23. The van der Waals surface area contributed by atoms with Crippen molar-refractivity contribution in [3.8, 4) is 51.2 Å². The summed E-state index contributed by atoms with van der Waals surface area (Å²) in [6.07, 6.45) is 6.02. The summed E-state index contributed by atoms with van der Waals surface area (Å²) in [7, 11) is 0. The first-order chi connectivity index (χ1) is 31.6. The number of hydrogen-bond acceptors (Lipinski definition) is 3. The molecule has 4 aromatic heterocycles. The van der Waals surface area contributed by atoms with Crippen molar-refractivity contribution >= 4 is 60.6 Å². The molecule has 12 rings (SSSR count). The average molecular weight is 821 g/mol. The van der Waals surface area contributed by atoms with Gasteiger partial charge in [0.25, 0.3) is 0 Å². The topological polar surface area (TPSA) is 53.5 Å². The number of aryl methyl sites for hydroxylation is 1. The van der Waals surface area contributed by atoms with Gasteiger partial charge < -0.3 is 9.13 Å². The van der Waals surface area contributed by atoms with Crippen molar-refractivity contribution in [2.24, 2.45) is 0 Å². The molecule has 0 aliphatic rings. The summed E-state index contributed by atoms with van der Waals surface area (Å²) in [6, 6.07) is 68.4. The Morgan fingerprint density at radius 3 is 1.58 bits per heavy atom. The van der Waals surface area contributed by atoms with Crippen LogP contribution in [-0.4, -0.2) is 28.7 Å². The molecular weight excluding hydrogens is 781 g/mol. The molecule has 0 aliphatic carbocycles. The zero-order valence-electron chi connectivity index (χ0n) is 35.1. The van der Waals surface area contributed by atoms with Crippen molar-refractivity contribution in [2.75, 3.05) is 0 Å². The van der Waals surface area contributed by atoms with Crippen molar-refractivity contribution in [3.63, 3.8) is 0 Å². The number of hydrogen-bond donors (Lipinski definition) is 0. The maximum Gasteiger partial charge on any atom is 0.238 e. The van der Waals surface area contributed by atoms with E-state index < -0.39 is 0 Å². The Morgan fingerprint density at radius 1 is 0.406 bits per heavy atom. The number of fused-ring (bicyclic) bond motifs is 8. The Bertz CT molecular complexity index is 3740. The SMILES string of the molecule is C=C/C=C\c1c(C)c2ccc3c4ccccc4n(-c4ccc(-c5ccccc5)cc4)c3c2n1-c1cccc(-c2nc(-c3ccccc3)nc(-n3c4ccccc4c4ccccc43)n2)c1. The molecule has 0 saturated carbocycles. The standard InChI is InChI=1S/C58H40N6/c1-3-4-27-50-38(2)45-35-36-49-48-26-13-14-28-51(48)62(43-33-31-40(32-34-43)39-18-7-5-8-19-39)55(49)54(45)63(50)44-23-17-22-42(37-44)57-59-56(41-20-9-6-10-21-41)60-58(61-57)64-52-29-15-11-24-46(52)47-25-12-16-30-53(47)64/h3-37H,1H2,2H3/b27-4-. The van der Waals surface area contributed by atoms with Gasteiger partial charge in [0.1, 0.15) is 0 Å². The molecule has 12 aromatic rings. The molecule has 0 unspecified atom stereocenters. The molecule has 6 heteroatoms. The van der Waals surface area contributed by atoms with Gasteiger partial charge in [0.2, 0.25) is 5.95 Å². The lowest BCUT2D eigenvalue weighted by Crippen LogP contribution is -2.06. The van der Waals surface area contributed by atoms with Crippen LogP contribution in [-0.2, 0) is 0 Å². The molecule has 64 heavy (non-hydrogen) atoms. The first kappa shape index (κ1) is 37.2. The van der Waals surface area contributed by atoms with Crippen LogP contribution in [0.1, 0.15) is 11.3 Å². The summed E-state index contributed by atoms with van der Waals surface area (Å²) in [5.41, 5.74) is 14.0. The molecule has 0 bridgehead atoms. The number of nitrogens with zero attached hydrogens (tertiary/aromatic N) is 6. The zero-order valence-corrected chi connectivity index (χ0v) is 35.1. The van der Waals surface area contributed by atoms with Crippen LogP contribution in [0.3, 0.4) is 0 Å². The summed E-state index contributed by atoms with van der Waals surface area (Å²) >= 11 is 0. The molecule has 0 saturated heterocycles. The third-order valence-electron chi connectivity index (χ3n) is 12.5. The maximum atomic E-state index is 5.31. The first-order valence-electron chi connectivity index (χ1n) is 21.6. The highest BCUT2D eigenvalue weighted by Crippen LogP contribution is 2.42. The zero-order chi connectivity index (χ0) is 42.7. The van der Waals surface area contributed by atoms with E-state index in [-0.39, 0.29) is 0 Å². The fourth-order valence-corrected chi connectivity index (χ4v) is 9.56. The lowest BCUT2D eigenvalue weighted by Gasteiger charge is -2.15. The molecule has 0 N–H and O–H groups in total. The van der Waals surface area contributed by atoms with Crippen LogP contribution >= 0.6 is 0 Å².